The molecule has 3 rings (SSSR count). The van der Waals surface area contributed by atoms with E-state index in [1.54, 1.807) is 7.11 Å². The number of piperidine rings is 1. The lowest BCUT2D eigenvalue weighted by Gasteiger charge is -2.34. The third-order valence-electron chi connectivity index (χ3n) is 6.19. The lowest BCUT2D eigenvalue weighted by Crippen LogP contribution is -2.48. The summed E-state index contributed by atoms with van der Waals surface area (Å²) in [6.45, 7) is 5.27. The van der Waals surface area contributed by atoms with E-state index in [0.717, 1.165) is 69.3 Å². The molecule has 2 heterocycles. The van der Waals surface area contributed by atoms with Crippen LogP contribution in [0.25, 0.3) is 0 Å². The van der Waals surface area contributed by atoms with Gasteiger partial charge in [0.2, 0.25) is 5.91 Å². The van der Waals surface area contributed by atoms with E-state index < -0.39 is 0 Å². The van der Waals surface area contributed by atoms with Gasteiger partial charge in [0.05, 0.1) is 13.2 Å². The smallest absolute Gasteiger partial charge is 0.319 e. The second-order valence-corrected chi connectivity index (χ2v) is 8.21. The Kier molecular flexibility index (Phi) is 7.78. The highest BCUT2D eigenvalue weighted by Crippen LogP contribution is 2.25. The van der Waals surface area contributed by atoms with Crippen molar-refractivity contribution in [3.8, 4) is 5.75 Å². The summed E-state index contributed by atoms with van der Waals surface area (Å²) in [6, 6.07) is 8.15. The molecule has 1 aromatic carbocycles. The van der Waals surface area contributed by atoms with E-state index in [9.17, 15) is 9.59 Å². The topological polar surface area (TPSA) is 61.9 Å². The van der Waals surface area contributed by atoms with Crippen LogP contribution in [0.2, 0.25) is 0 Å². The Bertz CT molecular complexity index is 662. The Morgan fingerprint density at radius 1 is 1.07 bits per heavy atom. The first-order chi connectivity index (χ1) is 14.1. The second-order valence-electron chi connectivity index (χ2n) is 8.21. The van der Waals surface area contributed by atoms with Crippen molar-refractivity contribution < 1.29 is 14.3 Å². The highest BCUT2D eigenvalue weighted by Gasteiger charge is 2.31. The van der Waals surface area contributed by atoms with Gasteiger partial charge in [-0.25, -0.2) is 4.79 Å². The molecular formula is C23H35N3O3. The summed E-state index contributed by atoms with van der Waals surface area (Å²) >= 11 is 0. The summed E-state index contributed by atoms with van der Waals surface area (Å²) in [5, 5.41) is 3.28. The predicted octanol–water partition coefficient (Wildman–Crippen LogP) is 3.97. The van der Waals surface area contributed by atoms with Crippen molar-refractivity contribution in [1.82, 2.24) is 15.1 Å². The molecule has 2 aliphatic rings. The number of benzene rings is 1. The number of carbonyl (C=O) groups excluding carboxylic acids is 2. The number of carbonyl (C=O) groups is 2. The number of urea groups is 1. The summed E-state index contributed by atoms with van der Waals surface area (Å²) in [4.78, 5) is 29.4. The third-order valence-corrected chi connectivity index (χ3v) is 6.19. The molecule has 2 aliphatic heterocycles. The summed E-state index contributed by atoms with van der Waals surface area (Å²) in [5.74, 6) is 0.930. The minimum Gasteiger partial charge on any atom is -0.497 e. The lowest BCUT2D eigenvalue weighted by molar-refractivity contribution is -0.127. The molecular weight excluding hydrogens is 366 g/mol. The maximum absolute atomic E-state index is 13.0. The average molecular weight is 402 g/mol. The SMILES string of the molecule is CCCCC(NC(=O)C1CCN(C(=O)N2CCCC2)CC1)c1ccc(OC)cc1. The van der Waals surface area contributed by atoms with Crippen LogP contribution in [0.5, 0.6) is 5.75 Å². The van der Waals surface area contributed by atoms with E-state index in [-0.39, 0.29) is 23.9 Å². The van der Waals surface area contributed by atoms with Crippen molar-refractivity contribution in [2.45, 2.75) is 57.9 Å². The highest BCUT2D eigenvalue weighted by molar-refractivity contribution is 5.80. The Morgan fingerprint density at radius 2 is 1.69 bits per heavy atom. The van der Waals surface area contributed by atoms with Gasteiger partial charge in [-0.2, -0.15) is 0 Å². The van der Waals surface area contributed by atoms with Crippen LogP contribution in [0.4, 0.5) is 4.79 Å². The number of hydrogen-bond donors (Lipinski definition) is 1. The van der Waals surface area contributed by atoms with Gasteiger partial charge in [0, 0.05) is 32.1 Å². The molecule has 1 aromatic rings. The summed E-state index contributed by atoms with van der Waals surface area (Å²) < 4.78 is 5.25. The zero-order valence-electron chi connectivity index (χ0n) is 17.9. The maximum atomic E-state index is 13.0. The highest BCUT2D eigenvalue weighted by atomic mass is 16.5. The van der Waals surface area contributed by atoms with Crippen molar-refractivity contribution in [2.75, 3.05) is 33.3 Å². The Morgan fingerprint density at radius 3 is 2.28 bits per heavy atom. The molecule has 2 fully saturated rings. The number of unbranched alkanes of at least 4 members (excludes halogenated alkanes) is 1. The van der Waals surface area contributed by atoms with Gasteiger partial charge < -0.3 is 19.9 Å². The molecule has 29 heavy (non-hydrogen) atoms. The van der Waals surface area contributed by atoms with Gasteiger partial charge in [0.1, 0.15) is 5.75 Å². The van der Waals surface area contributed by atoms with Crippen LogP contribution in [0.15, 0.2) is 24.3 Å². The predicted molar refractivity (Wildman–Crippen MR) is 114 cm³/mol. The van der Waals surface area contributed by atoms with Crippen molar-refractivity contribution in [2.24, 2.45) is 5.92 Å². The van der Waals surface area contributed by atoms with Crippen molar-refractivity contribution in [3.05, 3.63) is 29.8 Å². The normalized spacial score (nSPS) is 18.6. The molecule has 1 atom stereocenters. The zero-order chi connectivity index (χ0) is 20.6. The third kappa shape index (κ3) is 5.64. The number of hydrogen-bond acceptors (Lipinski definition) is 3. The van der Waals surface area contributed by atoms with E-state index in [1.165, 1.54) is 0 Å². The maximum Gasteiger partial charge on any atom is 0.319 e. The van der Waals surface area contributed by atoms with Crippen LogP contribution in [-0.4, -0.2) is 55.0 Å². The van der Waals surface area contributed by atoms with Gasteiger partial charge in [-0.1, -0.05) is 31.9 Å². The number of methoxy groups -OCH3 is 1. The van der Waals surface area contributed by atoms with Crippen molar-refractivity contribution >= 4 is 11.9 Å². The van der Waals surface area contributed by atoms with Crippen molar-refractivity contribution in [3.63, 3.8) is 0 Å². The molecule has 0 radical (unpaired) electrons. The fourth-order valence-corrected chi connectivity index (χ4v) is 4.30. The van der Waals surface area contributed by atoms with Gasteiger partial charge in [0.15, 0.2) is 0 Å². The second kappa shape index (κ2) is 10.5. The van der Waals surface area contributed by atoms with Crippen LogP contribution in [0.1, 0.15) is 63.5 Å². The van der Waals surface area contributed by atoms with Crippen LogP contribution in [0.3, 0.4) is 0 Å². The molecule has 0 aliphatic carbocycles. The first-order valence-electron chi connectivity index (χ1n) is 11.1. The molecule has 160 valence electrons. The first-order valence-corrected chi connectivity index (χ1v) is 11.1. The summed E-state index contributed by atoms with van der Waals surface area (Å²) in [7, 11) is 1.66. The Hall–Kier alpha value is -2.24. The number of rotatable bonds is 7. The van der Waals surface area contributed by atoms with Crippen molar-refractivity contribution in [1.29, 1.82) is 0 Å². The van der Waals surface area contributed by atoms with Crippen LogP contribution >= 0.6 is 0 Å². The molecule has 0 aromatic heterocycles. The monoisotopic (exact) mass is 401 g/mol. The number of nitrogens with zero attached hydrogens (tertiary/aromatic N) is 2. The number of nitrogens with one attached hydrogen (secondary N) is 1. The summed E-state index contributed by atoms with van der Waals surface area (Å²) in [6.07, 6.45) is 6.80. The van der Waals surface area contributed by atoms with Gasteiger partial charge in [0.25, 0.3) is 0 Å². The summed E-state index contributed by atoms with van der Waals surface area (Å²) in [5.41, 5.74) is 1.12. The molecule has 0 bridgehead atoms. The number of ether oxygens (including phenoxy) is 1. The molecule has 3 amide bonds. The Balaban J connectivity index is 1.54. The minimum absolute atomic E-state index is 0.0139. The van der Waals surface area contributed by atoms with Gasteiger partial charge in [-0.15, -0.1) is 0 Å². The number of amides is 3. The molecule has 6 nitrogen and oxygen atoms in total. The lowest BCUT2D eigenvalue weighted by atomic mass is 9.94. The zero-order valence-corrected chi connectivity index (χ0v) is 17.9. The van der Waals surface area contributed by atoms with Crippen LogP contribution in [-0.2, 0) is 4.79 Å². The van der Waals surface area contributed by atoms with E-state index in [2.05, 4.69) is 12.2 Å². The standard InChI is InChI=1S/C23H35N3O3/c1-3-4-7-21(18-8-10-20(29-2)11-9-18)24-22(27)19-12-16-26(17-13-19)23(28)25-14-5-6-15-25/h8-11,19,21H,3-7,12-17H2,1-2H3,(H,24,27). The molecule has 1 unspecified atom stereocenters. The first kappa shape index (κ1) is 21.5. The molecule has 2 saturated heterocycles. The minimum atomic E-state index is -0.0139. The fourth-order valence-electron chi connectivity index (χ4n) is 4.30. The van der Waals surface area contributed by atoms with Crippen LogP contribution < -0.4 is 10.1 Å². The molecule has 0 spiro atoms. The largest absolute Gasteiger partial charge is 0.497 e. The molecule has 6 heteroatoms. The average Bonchev–Trinajstić information content (AvgIpc) is 3.31. The van der Waals surface area contributed by atoms with Gasteiger partial charge in [-0.3, -0.25) is 4.79 Å². The molecule has 0 saturated carbocycles. The van der Waals surface area contributed by atoms with Gasteiger partial charge >= 0.3 is 6.03 Å². The van der Waals surface area contributed by atoms with E-state index in [0.29, 0.717) is 13.1 Å². The molecule has 1 N–H and O–H groups in total. The fraction of sp³-hybridized carbons (Fsp3) is 0.652. The van der Waals surface area contributed by atoms with E-state index in [4.69, 9.17) is 4.74 Å². The van der Waals surface area contributed by atoms with Gasteiger partial charge in [-0.05, 0) is 49.8 Å². The van der Waals surface area contributed by atoms with Crippen LogP contribution in [0, 0.1) is 5.92 Å². The quantitative estimate of drug-likeness (QED) is 0.752. The van der Waals surface area contributed by atoms with E-state index >= 15 is 0 Å². The number of likely N-dealkylation sites (tertiary alicyclic amines) is 2. The van der Waals surface area contributed by atoms with E-state index in [1.807, 2.05) is 34.1 Å². The Labute approximate surface area is 174 Å².